The van der Waals surface area contributed by atoms with Crippen LogP contribution in [0.1, 0.15) is 12.6 Å². The van der Waals surface area contributed by atoms with E-state index in [-0.39, 0.29) is 0 Å². The summed E-state index contributed by atoms with van der Waals surface area (Å²) in [6.07, 6.45) is 1.57. The summed E-state index contributed by atoms with van der Waals surface area (Å²) in [4.78, 5) is 8.30. The molecular formula is C10H16N4O. The summed E-state index contributed by atoms with van der Waals surface area (Å²) in [7, 11) is 0. The molecule has 0 amide bonds. The summed E-state index contributed by atoms with van der Waals surface area (Å²) < 4.78 is 5.29. The van der Waals surface area contributed by atoms with Gasteiger partial charge in [-0.2, -0.15) is 0 Å². The number of anilines is 1. The highest BCUT2D eigenvalue weighted by Gasteiger charge is 2.16. The first-order valence-electron chi connectivity index (χ1n) is 5.24. The molecule has 1 aliphatic heterocycles. The molecule has 1 aromatic rings. The van der Waals surface area contributed by atoms with E-state index >= 15 is 0 Å². The zero-order valence-electron chi connectivity index (χ0n) is 8.86. The molecule has 15 heavy (non-hydrogen) atoms. The number of nitrogens with zero attached hydrogens (tertiary/aromatic N) is 2. The molecule has 0 radical (unpaired) electrons. The molecule has 1 aromatic heterocycles. The summed E-state index contributed by atoms with van der Waals surface area (Å²) in [5.41, 5.74) is 0.918. The summed E-state index contributed by atoms with van der Waals surface area (Å²) in [5.74, 6) is 0.881. The lowest BCUT2D eigenvalue weighted by Gasteiger charge is -2.28. The number of hydrogen-bond donors (Lipinski definition) is 2. The monoisotopic (exact) mass is 208 g/mol. The Morgan fingerprint density at radius 2 is 2.40 bits per heavy atom. The summed E-state index contributed by atoms with van der Waals surface area (Å²) in [6, 6.07) is 2.44. The molecule has 0 spiro atoms. The first-order chi connectivity index (χ1) is 7.38. The van der Waals surface area contributed by atoms with Crippen molar-refractivity contribution in [3.63, 3.8) is 0 Å². The van der Waals surface area contributed by atoms with E-state index in [9.17, 15) is 0 Å². The van der Waals surface area contributed by atoms with Crippen LogP contribution >= 0.6 is 0 Å². The van der Waals surface area contributed by atoms with Crippen LogP contribution in [0.4, 0.5) is 5.82 Å². The molecule has 2 rings (SSSR count). The SMILES string of the molecule is CCOCc1cc(NC2CNC2)ncn1. The van der Waals surface area contributed by atoms with E-state index in [2.05, 4.69) is 20.6 Å². The molecule has 0 bridgehead atoms. The van der Waals surface area contributed by atoms with Crippen molar-refractivity contribution in [1.82, 2.24) is 15.3 Å². The fourth-order valence-corrected chi connectivity index (χ4v) is 1.36. The minimum absolute atomic E-state index is 0.500. The number of rotatable bonds is 5. The smallest absolute Gasteiger partial charge is 0.129 e. The van der Waals surface area contributed by atoms with Gasteiger partial charge < -0.3 is 15.4 Å². The van der Waals surface area contributed by atoms with Gasteiger partial charge in [0.25, 0.3) is 0 Å². The lowest BCUT2D eigenvalue weighted by molar-refractivity contribution is 0.131. The number of ether oxygens (including phenoxy) is 1. The van der Waals surface area contributed by atoms with Crippen LogP contribution in [0.5, 0.6) is 0 Å². The Hall–Kier alpha value is -1.20. The zero-order chi connectivity index (χ0) is 10.5. The third-order valence-corrected chi connectivity index (χ3v) is 2.31. The standard InChI is InChI=1S/C10H16N4O/c1-2-15-6-8-3-10(13-7-12-8)14-9-4-11-5-9/h3,7,9,11H,2,4-6H2,1H3,(H,12,13,14). The summed E-state index contributed by atoms with van der Waals surface area (Å²) in [5, 5.41) is 6.53. The normalized spacial score (nSPS) is 16.1. The lowest BCUT2D eigenvalue weighted by Crippen LogP contribution is -2.51. The zero-order valence-corrected chi connectivity index (χ0v) is 8.86. The van der Waals surface area contributed by atoms with Crippen LogP contribution < -0.4 is 10.6 Å². The predicted molar refractivity (Wildman–Crippen MR) is 57.6 cm³/mol. The third-order valence-electron chi connectivity index (χ3n) is 2.31. The number of aromatic nitrogens is 2. The van der Waals surface area contributed by atoms with E-state index in [1.807, 2.05) is 13.0 Å². The third kappa shape index (κ3) is 2.87. The van der Waals surface area contributed by atoms with Crippen molar-refractivity contribution in [2.45, 2.75) is 19.6 Å². The van der Waals surface area contributed by atoms with Crippen molar-refractivity contribution in [3.05, 3.63) is 18.1 Å². The van der Waals surface area contributed by atoms with E-state index in [1.165, 1.54) is 0 Å². The number of hydrogen-bond acceptors (Lipinski definition) is 5. The number of nitrogens with one attached hydrogen (secondary N) is 2. The lowest BCUT2D eigenvalue weighted by atomic mass is 10.2. The van der Waals surface area contributed by atoms with Gasteiger partial charge in [0.05, 0.1) is 18.3 Å². The molecule has 82 valence electrons. The fourth-order valence-electron chi connectivity index (χ4n) is 1.36. The van der Waals surface area contributed by atoms with Crippen molar-refractivity contribution in [3.8, 4) is 0 Å². The van der Waals surface area contributed by atoms with Crippen molar-refractivity contribution in [1.29, 1.82) is 0 Å². The van der Waals surface area contributed by atoms with Crippen LogP contribution in [0, 0.1) is 0 Å². The highest BCUT2D eigenvalue weighted by atomic mass is 16.5. The van der Waals surface area contributed by atoms with Gasteiger partial charge in [0, 0.05) is 25.8 Å². The molecule has 0 atom stereocenters. The first-order valence-corrected chi connectivity index (χ1v) is 5.24. The Morgan fingerprint density at radius 3 is 3.07 bits per heavy atom. The summed E-state index contributed by atoms with van der Waals surface area (Å²) >= 11 is 0. The Labute approximate surface area is 89.3 Å². The van der Waals surface area contributed by atoms with Crippen molar-refractivity contribution in [2.24, 2.45) is 0 Å². The largest absolute Gasteiger partial charge is 0.375 e. The van der Waals surface area contributed by atoms with Gasteiger partial charge in [-0.25, -0.2) is 9.97 Å². The molecule has 2 heterocycles. The maximum Gasteiger partial charge on any atom is 0.129 e. The van der Waals surface area contributed by atoms with E-state index in [0.717, 1.165) is 24.6 Å². The van der Waals surface area contributed by atoms with Gasteiger partial charge in [0.15, 0.2) is 0 Å². The van der Waals surface area contributed by atoms with E-state index in [0.29, 0.717) is 19.3 Å². The van der Waals surface area contributed by atoms with Crippen molar-refractivity contribution < 1.29 is 4.74 Å². The second-order valence-corrected chi connectivity index (χ2v) is 3.53. The van der Waals surface area contributed by atoms with Crippen LogP contribution in [0.25, 0.3) is 0 Å². The topological polar surface area (TPSA) is 59.1 Å². The first kappa shape index (κ1) is 10.3. The van der Waals surface area contributed by atoms with Crippen LogP contribution in [0.2, 0.25) is 0 Å². The molecule has 0 saturated carbocycles. The Balaban J connectivity index is 1.92. The van der Waals surface area contributed by atoms with Crippen LogP contribution in [-0.2, 0) is 11.3 Å². The quantitative estimate of drug-likeness (QED) is 0.733. The molecule has 1 aliphatic rings. The molecule has 1 saturated heterocycles. The average molecular weight is 208 g/mol. The van der Waals surface area contributed by atoms with E-state index < -0.39 is 0 Å². The molecule has 0 aromatic carbocycles. The predicted octanol–water partition coefficient (Wildman–Crippen LogP) is 0.397. The molecule has 5 heteroatoms. The maximum atomic E-state index is 5.29. The van der Waals surface area contributed by atoms with Gasteiger partial charge in [0.2, 0.25) is 0 Å². The minimum atomic E-state index is 0.500. The van der Waals surface area contributed by atoms with Gasteiger partial charge in [0.1, 0.15) is 12.1 Å². The molecule has 0 unspecified atom stereocenters. The van der Waals surface area contributed by atoms with Gasteiger partial charge >= 0.3 is 0 Å². The van der Waals surface area contributed by atoms with Crippen LogP contribution in [0.15, 0.2) is 12.4 Å². The Morgan fingerprint density at radius 1 is 1.53 bits per heavy atom. The second-order valence-electron chi connectivity index (χ2n) is 3.53. The molecule has 0 aliphatic carbocycles. The van der Waals surface area contributed by atoms with Crippen LogP contribution in [-0.4, -0.2) is 35.7 Å². The fraction of sp³-hybridized carbons (Fsp3) is 0.600. The van der Waals surface area contributed by atoms with Gasteiger partial charge in [-0.3, -0.25) is 0 Å². The highest BCUT2D eigenvalue weighted by molar-refractivity contribution is 5.36. The van der Waals surface area contributed by atoms with E-state index in [4.69, 9.17) is 4.74 Å². The van der Waals surface area contributed by atoms with Crippen LogP contribution in [0.3, 0.4) is 0 Å². The Kier molecular flexibility index (Phi) is 3.47. The van der Waals surface area contributed by atoms with Gasteiger partial charge in [-0.1, -0.05) is 0 Å². The Bertz CT molecular complexity index is 314. The summed E-state index contributed by atoms with van der Waals surface area (Å²) in [6.45, 7) is 5.24. The molecule has 2 N–H and O–H groups in total. The average Bonchev–Trinajstić information content (AvgIpc) is 2.21. The minimum Gasteiger partial charge on any atom is -0.375 e. The van der Waals surface area contributed by atoms with Crippen molar-refractivity contribution >= 4 is 5.82 Å². The van der Waals surface area contributed by atoms with Gasteiger partial charge in [-0.05, 0) is 6.92 Å². The van der Waals surface area contributed by atoms with Gasteiger partial charge in [-0.15, -0.1) is 0 Å². The molecule has 1 fully saturated rings. The molecular weight excluding hydrogens is 192 g/mol. The molecule has 5 nitrogen and oxygen atoms in total. The van der Waals surface area contributed by atoms with E-state index in [1.54, 1.807) is 6.33 Å². The maximum absolute atomic E-state index is 5.29. The van der Waals surface area contributed by atoms with Crippen molar-refractivity contribution in [2.75, 3.05) is 25.0 Å². The highest BCUT2D eigenvalue weighted by Crippen LogP contribution is 2.08. The second kappa shape index (κ2) is 5.04.